The molecule has 3 rings (SSSR count). The Balaban J connectivity index is 1.69. The lowest BCUT2D eigenvalue weighted by atomic mass is 9.93. The van der Waals surface area contributed by atoms with Crippen LogP contribution in [-0.2, 0) is 6.54 Å². The minimum absolute atomic E-state index is 0.281. The first kappa shape index (κ1) is 14.5. The summed E-state index contributed by atoms with van der Waals surface area (Å²) in [6.45, 7) is 8.53. The molecular weight excluding hydrogens is 266 g/mol. The van der Waals surface area contributed by atoms with Crippen molar-refractivity contribution in [3.63, 3.8) is 0 Å². The second kappa shape index (κ2) is 5.76. The first-order valence-electron chi connectivity index (χ1n) is 7.80. The fraction of sp³-hybridized carbons (Fsp3) is 0.647. The zero-order valence-electron chi connectivity index (χ0n) is 13.2. The summed E-state index contributed by atoms with van der Waals surface area (Å²) in [5.41, 5.74) is 1.43. The van der Waals surface area contributed by atoms with E-state index in [1.54, 1.807) is 0 Å². The molecule has 1 heterocycles. The van der Waals surface area contributed by atoms with E-state index in [0.29, 0.717) is 12.8 Å². The largest absolute Gasteiger partial charge is 0.493 e. The molecule has 1 saturated carbocycles. The zero-order valence-corrected chi connectivity index (χ0v) is 13.2. The van der Waals surface area contributed by atoms with Crippen LogP contribution in [0.1, 0.15) is 45.6 Å². The lowest BCUT2D eigenvalue weighted by Crippen LogP contribution is -2.17. The summed E-state index contributed by atoms with van der Waals surface area (Å²) in [5.74, 6) is 2.53. The summed E-state index contributed by atoms with van der Waals surface area (Å²) in [4.78, 5) is 0. The van der Waals surface area contributed by atoms with Crippen molar-refractivity contribution in [3.8, 4) is 17.2 Å². The standard InChI is InChI=1S/C17H25NO3/c1-17(2,3)6-7-19-14-9-16-15(20-11-21-16)8-12(14)10-18-13-4-5-13/h8-9,13,18H,4-7,10-11H2,1-3H3. The van der Waals surface area contributed by atoms with Crippen molar-refractivity contribution < 1.29 is 14.2 Å². The molecule has 116 valence electrons. The van der Waals surface area contributed by atoms with Gasteiger partial charge in [-0.1, -0.05) is 20.8 Å². The molecule has 0 amide bonds. The number of benzene rings is 1. The minimum Gasteiger partial charge on any atom is -0.493 e. The highest BCUT2D eigenvalue weighted by atomic mass is 16.7. The van der Waals surface area contributed by atoms with Gasteiger partial charge in [-0.3, -0.25) is 0 Å². The van der Waals surface area contributed by atoms with Gasteiger partial charge in [-0.25, -0.2) is 0 Å². The first-order chi connectivity index (χ1) is 10.0. The normalized spacial score (nSPS) is 17.1. The molecule has 0 bridgehead atoms. The maximum atomic E-state index is 6.02. The number of fused-ring (bicyclic) bond motifs is 1. The molecule has 2 aliphatic rings. The molecule has 0 spiro atoms. The Morgan fingerprint density at radius 3 is 2.57 bits per heavy atom. The molecule has 1 N–H and O–H groups in total. The molecule has 0 atom stereocenters. The van der Waals surface area contributed by atoms with Crippen LogP contribution in [0.5, 0.6) is 17.2 Å². The van der Waals surface area contributed by atoms with Gasteiger partial charge in [0, 0.05) is 24.2 Å². The SMILES string of the molecule is CC(C)(C)CCOc1cc2c(cc1CNC1CC1)OCO2. The van der Waals surface area contributed by atoms with E-state index in [-0.39, 0.29) is 5.41 Å². The molecule has 0 unspecified atom stereocenters. The average molecular weight is 291 g/mol. The van der Waals surface area contributed by atoms with Crippen LogP contribution in [0.15, 0.2) is 12.1 Å². The molecule has 4 nitrogen and oxygen atoms in total. The number of nitrogens with one attached hydrogen (secondary N) is 1. The molecule has 1 aliphatic heterocycles. The molecule has 1 aromatic carbocycles. The first-order valence-corrected chi connectivity index (χ1v) is 7.80. The van der Waals surface area contributed by atoms with Crippen molar-refractivity contribution in [2.24, 2.45) is 5.41 Å². The lowest BCUT2D eigenvalue weighted by molar-refractivity contribution is 0.173. The molecule has 4 heteroatoms. The maximum Gasteiger partial charge on any atom is 0.231 e. The van der Waals surface area contributed by atoms with Gasteiger partial charge in [-0.2, -0.15) is 0 Å². The van der Waals surface area contributed by atoms with E-state index in [9.17, 15) is 0 Å². The summed E-state index contributed by atoms with van der Waals surface area (Å²) in [7, 11) is 0. The van der Waals surface area contributed by atoms with Crippen molar-refractivity contribution in [2.75, 3.05) is 13.4 Å². The van der Waals surface area contributed by atoms with Crippen molar-refractivity contribution in [1.82, 2.24) is 5.32 Å². The third-order valence-electron chi connectivity index (χ3n) is 3.82. The Hall–Kier alpha value is -1.42. The molecule has 0 saturated heterocycles. The van der Waals surface area contributed by atoms with E-state index >= 15 is 0 Å². The fourth-order valence-corrected chi connectivity index (χ4v) is 2.25. The van der Waals surface area contributed by atoms with Gasteiger partial charge < -0.3 is 19.5 Å². The third-order valence-corrected chi connectivity index (χ3v) is 3.82. The molecule has 1 aromatic rings. The molecule has 1 aliphatic carbocycles. The van der Waals surface area contributed by atoms with Crippen LogP contribution in [0, 0.1) is 5.41 Å². The van der Waals surface area contributed by atoms with Crippen LogP contribution in [0.3, 0.4) is 0 Å². The highest BCUT2D eigenvalue weighted by Crippen LogP contribution is 2.38. The lowest BCUT2D eigenvalue weighted by Gasteiger charge is -2.19. The predicted octanol–water partition coefficient (Wildman–Crippen LogP) is 3.48. The van der Waals surface area contributed by atoms with Gasteiger partial charge >= 0.3 is 0 Å². The zero-order chi connectivity index (χ0) is 14.9. The Morgan fingerprint density at radius 1 is 1.19 bits per heavy atom. The van der Waals surface area contributed by atoms with Gasteiger partial charge in [-0.15, -0.1) is 0 Å². The van der Waals surface area contributed by atoms with Crippen molar-refractivity contribution in [3.05, 3.63) is 17.7 Å². The topological polar surface area (TPSA) is 39.7 Å². The van der Waals surface area contributed by atoms with E-state index in [0.717, 1.165) is 42.4 Å². The molecule has 21 heavy (non-hydrogen) atoms. The van der Waals surface area contributed by atoms with E-state index in [2.05, 4.69) is 26.1 Å². The second-order valence-electron chi connectivity index (χ2n) is 7.13. The molecule has 1 fully saturated rings. The van der Waals surface area contributed by atoms with Gasteiger partial charge in [0.05, 0.1) is 6.61 Å². The van der Waals surface area contributed by atoms with E-state index < -0.39 is 0 Å². The fourth-order valence-electron chi connectivity index (χ4n) is 2.25. The number of hydrogen-bond acceptors (Lipinski definition) is 4. The highest BCUT2D eigenvalue weighted by Gasteiger charge is 2.23. The third kappa shape index (κ3) is 4.03. The van der Waals surface area contributed by atoms with Gasteiger partial charge in [0.1, 0.15) is 5.75 Å². The monoisotopic (exact) mass is 291 g/mol. The number of hydrogen-bond donors (Lipinski definition) is 1. The van der Waals surface area contributed by atoms with Gasteiger partial charge in [0.15, 0.2) is 11.5 Å². The Kier molecular flexibility index (Phi) is 3.98. The van der Waals surface area contributed by atoms with Gasteiger partial charge in [0.2, 0.25) is 6.79 Å². The summed E-state index contributed by atoms with van der Waals surface area (Å²) in [5, 5.41) is 3.53. The van der Waals surface area contributed by atoms with Crippen molar-refractivity contribution >= 4 is 0 Å². The van der Waals surface area contributed by atoms with Crippen LogP contribution in [0.4, 0.5) is 0 Å². The average Bonchev–Trinajstić information content (AvgIpc) is 3.12. The quantitative estimate of drug-likeness (QED) is 0.871. The molecule has 0 aromatic heterocycles. The number of ether oxygens (including phenoxy) is 3. The van der Waals surface area contributed by atoms with Crippen LogP contribution < -0.4 is 19.5 Å². The number of rotatable bonds is 6. The van der Waals surface area contributed by atoms with Gasteiger partial charge in [-0.05, 0) is 30.7 Å². The van der Waals surface area contributed by atoms with Crippen molar-refractivity contribution in [2.45, 2.75) is 52.6 Å². The Bertz CT molecular complexity index is 503. The summed E-state index contributed by atoms with van der Waals surface area (Å²) in [6, 6.07) is 4.69. The predicted molar refractivity (Wildman–Crippen MR) is 82.0 cm³/mol. The smallest absolute Gasteiger partial charge is 0.231 e. The summed E-state index contributed by atoms with van der Waals surface area (Å²) >= 11 is 0. The Labute approximate surface area is 126 Å². The van der Waals surface area contributed by atoms with E-state index in [1.807, 2.05) is 12.1 Å². The molecule has 0 radical (unpaired) electrons. The van der Waals surface area contributed by atoms with E-state index in [1.165, 1.54) is 12.8 Å². The van der Waals surface area contributed by atoms with Crippen LogP contribution >= 0.6 is 0 Å². The highest BCUT2D eigenvalue weighted by molar-refractivity contribution is 5.51. The van der Waals surface area contributed by atoms with E-state index in [4.69, 9.17) is 14.2 Å². The summed E-state index contributed by atoms with van der Waals surface area (Å²) in [6.07, 6.45) is 3.59. The van der Waals surface area contributed by atoms with Crippen LogP contribution in [-0.4, -0.2) is 19.4 Å². The van der Waals surface area contributed by atoms with Crippen LogP contribution in [0.2, 0.25) is 0 Å². The van der Waals surface area contributed by atoms with Crippen molar-refractivity contribution in [1.29, 1.82) is 0 Å². The summed E-state index contributed by atoms with van der Waals surface area (Å²) < 4.78 is 16.9. The second-order valence-corrected chi connectivity index (χ2v) is 7.13. The maximum absolute atomic E-state index is 6.02. The van der Waals surface area contributed by atoms with Gasteiger partial charge in [0.25, 0.3) is 0 Å². The van der Waals surface area contributed by atoms with Crippen LogP contribution in [0.25, 0.3) is 0 Å². The molecular formula is C17H25NO3. The minimum atomic E-state index is 0.281. The Morgan fingerprint density at radius 2 is 1.90 bits per heavy atom.